The third kappa shape index (κ3) is 3.85. The summed E-state index contributed by atoms with van der Waals surface area (Å²) in [6, 6.07) is 21.7. The molecule has 0 radical (unpaired) electrons. The van der Waals surface area contributed by atoms with Crippen molar-refractivity contribution in [2.75, 3.05) is 10.2 Å². The predicted octanol–water partition coefficient (Wildman–Crippen LogP) is 6.10. The fraction of sp³-hybridized carbons (Fsp3) is 0.148. The maximum atomic E-state index is 13.5. The SMILES string of the molecule is CC1(C)OC(=O)N(c2ccc(C(=O)Nc3cccc4cccnc34)cc2)C1c1ccc(F)cc1. The number of rotatable bonds is 4. The number of ether oxygens (including phenoxy) is 1. The normalized spacial score (nSPS) is 17.0. The van der Waals surface area contributed by atoms with Gasteiger partial charge in [0.2, 0.25) is 0 Å². The first-order valence-corrected chi connectivity index (χ1v) is 10.9. The lowest BCUT2D eigenvalue weighted by Crippen LogP contribution is -2.33. The summed E-state index contributed by atoms with van der Waals surface area (Å²) in [5.41, 5.74) is 2.26. The number of halogens is 1. The molecule has 7 heteroatoms. The Morgan fingerprint density at radius 2 is 1.71 bits per heavy atom. The van der Waals surface area contributed by atoms with Crippen LogP contribution in [0.5, 0.6) is 0 Å². The second kappa shape index (κ2) is 8.26. The number of aromatic nitrogens is 1. The maximum Gasteiger partial charge on any atom is 0.415 e. The molecule has 0 aliphatic carbocycles. The van der Waals surface area contributed by atoms with Crippen LogP contribution in [0.2, 0.25) is 0 Å². The smallest absolute Gasteiger partial charge is 0.415 e. The first-order valence-electron chi connectivity index (χ1n) is 10.9. The molecule has 170 valence electrons. The monoisotopic (exact) mass is 455 g/mol. The molecule has 1 fully saturated rings. The average molecular weight is 455 g/mol. The van der Waals surface area contributed by atoms with Crippen molar-refractivity contribution in [2.45, 2.75) is 25.5 Å². The van der Waals surface area contributed by atoms with Crippen molar-refractivity contribution < 1.29 is 18.7 Å². The lowest BCUT2D eigenvalue weighted by Gasteiger charge is -2.29. The molecule has 0 bridgehead atoms. The molecule has 1 saturated heterocycles. The van der Waals surface area contributed by atoms with Gasteiger partial charge in [-0.1, -0.05) is 30.3 Å². The molecule has 34 heavy (non-hydrogen) atoms. The number of para-hydroxylation sites is 1. The second-order valence-corrected chi connectivity index (χ2v) is 8.68. The number of carbonyl (C=O) groups is 2. The summed E-state index contributed by atoms with van der Waals surface area (Å²) in [4.78, 5) is 31.6. The van der Waals surface area contributed by atoms with Crippen LogP contribution < -0.4 is 10.2 Å². The number of fused-ring (bicyclic) bond motifs is 1. The molecule has 1 aliphatic rings. The fourth-order valence-corrected chi connectivity index (χ4v) is 4.37. The van der Waals surface area contributed by atoms with Gasteiger partial charge >= 0.3 is 6.09 Å². The Hall–Kier alpha value is -4.26. The van der Waals surface area contributed by atoms with Gasteiger partial charge in [-0.05, 0) is 67.9 Å². The van der Waals surface area contributed by atoms with Crippen molar-refractivity contribution in [3.8, 4) is 0 Å². The third-order valence-corrected chi connectivity index (χ3v) is 5.94. The number of nitrogens with zero attached hydrogens (tertiary/aromatic N) is 2. The van der Waals surface area contributed by atoms with Crippen molar-refractivity contribution >= 4 is 34.3 Å². The molecule has 1 atom stereocenters. The van der Waals surface area contributed by atoms with E-state index < -0.39 is 17.7 Å². The fourth-order valence-electron chi connectivity index (χ4n) is 4.37. The Labute approximate surface area is 196 Å². The number of hydrogen-bond donors (Lipinski definition) is 1. The molecule has 6 nitrogen and oxygen atoms in total. The van der Waals surface area contributed by atoms with E-state index in [1.54, 1.807) is 48.7 Å². The molecular formula is C27H22FN3O3. The van der Waals surface area contributed by atoms with E-state index in [4.69, 9.17) is 4.74 Å². The number of carbonyl (C=O) groups excluding carboxylic acids is 2. The lowest BCUT2D eigenvalue weighted by atomic mass is 9.91. The van der Waals surface area contributed by atoms with Gasteiger partial charge < -0.3 is 10.1 Å². The summed E-state index contributed by atoms with van der Waals surface area (Å²) in [6.45, 7) is 3.64. The van der Waals surface area contributed by atoms with E-state index in [0.717, 1.165) is 10.9 Å². The van der Waals surface area contributed by atoms with Gasteiger partial charge in [0, 0.05) is 22.8 Å². The quantitative estimate of drug-likeness (QED) is 0.403. The number of cyclic esters (lactones) is 1. The van der Waals surface area contributed by atoms with Crippen LogP contribution in [0.1, 0.15) is 35.8 Å². The van der Waals surface area contributed by atoms with Gasteiger partial charge in [-0.25, -0.2) is 9.18 Å². The molecule has 1 unspecified atom stereocenters. The van der Waals surface area contributed by atoms with Crippen LogP contribution in [0.4, 0.5) is 20.6 Å². The summed E-state index contributed by atoms with van der Waals surface area (Å²) in [7, 11) is 0. The minimum Gasteiger partial charge on any atom is -0.441 e. The summed E-state index contributed by atoms with van der Waals surface area (Å²) >= 11 is 0. The molecule has 4 aromatic rings. The first kappa shape index (κ1) is 21.6. The lowest BCUT2D eigenvalue weighted by molar-refractivity contribution is 0.0685. The average Bonchev–Trinajstić information content (AvgIpc) is 3.08. The molecule has 0 spiro atoms. The maximum absolute atomic E-state index is 13.5. The highest BCUT2D eigenvalue weighted by Gasteiger charge is 2.49. The standard InChI is InChI=1S/C27H22FN3O3/c1-27(2)24(18-8-12-20(28)13-9-18)31(26(33)34-27)21-14-10-19(11-15-21)25(32)30-22-7-3-5-17-6-4-16-29-23(17)22/h3-16,24H,1-2H3,(H,30,32). The number of benzene rings is 3. The van der Waals surface area contributed by atoms with Crippen LogP contribution in [0.3, 0.4) is 0 Å². The Morgan fingerprint density at radius 3 is 2.44 bits per heavy atom. The zero-order valence-electron chi connectivity index (χ0n) is 18.7. The van der Waals surface area contributed by atoms with E-state index in [0.29, 0.717) is 22.5 Å². The van der Waals surface area contributed by atoms with Crippen LogP contribution in [-0.2, 0) is 4.74 Å². The Kier molecular flexibility index (Phi) is 5.24. The van der Waals surface area contributed by atoms with Crippen molar-refractivity contribution in [1.29, 1.82) is 0 Å². The summed E-state index contributed by atoms with van der Waals surface area (Å²) in [5.74, 6) is -0.640. The number of amides is 2. The highest BCUT2D eigenvalue weighted by molar-refractivity contribution is 6.08. The van der Waals surface area contributed by atoms with Crippen molar-refractivity contribution in [3.63, 3.8) is 0 Å². The Bertz CT molecular complexity index is 1380. The van der Waals surface area contributed by atoms with E-state index in [2.05, 4.69) is 10.3 Å². The zero-order valence-corrected chi connectivity index (χ0v) is 18.7. The molecule has 1 N–H and O–H groups in total. The molecule has 2 amide bonds. The molecule has 2 heterocycles. The third-order valence-electron chi connectivity index (χ3n) is 5.94. The summed E-state index contributed by atoms with van der Waals surface area (Å²) < 4.78 is 19.1. The van der Waals surface area contributed by atoms with Crippen LogP contribution in [0, 0.1) is 5.82 Å². The van der Waals surface area contributed by atoms with Gasteiger partial charge in [0.05, 0.1) is 11.2 Å². The number of nitrogens with one attached hydrogen (secondary N) is 1. The molecule has 1 aliphatic heterocycles. The van der Waals surface area contributed by atoms with Gasteiger partial charge in [0.25, 0.3) is 5.91 Å². The largest absolute Gasteiger partial charge is 0.441 e. The first-order chi connectivity index (χ1) is 16.3. The van der Waals surface area contributed by atoms with Crippen molar-refractivity contribution in [2.24, 2.45) is 0 Å². The van der Waals surface area contributed by atoms with Crippen LogP contribution in [0.25, 0.3) is 10.9 Å². The minimum atomic E-state index is -0.827. The van der Waals surface area contributed by atoms with Gasteiger partial charge in [-0.2, -0.15) is 0 Å². The summed E-state index contributed by atoms with van der Waals surface area (Å²) in [5, 5.41) is 3.84. The molecule has 5 rings (SSSR count). The van der Waals surface area contributed by atoms with Crippen molar-refractivity contribution in [3.05, 3.63) is 102 Å². The molecule has 0 saturated carbocycles. The van der Waals surface area contributed by atoms with Crippen LogP contribution >= 0.6 is 0 Å². The topological polar surface area (TPSA) is 71.5 Å². The van der Waals surface area contributed by atoms with E-state index in [-0.39, 0.29) is 11.7 Å². The van der Waals surface area contributed by atoms with Gasteiger partial charge in [0.1, 0.15) is 17.5 Å². The van der Waals surface area contributed by atoms with Gasteiger partial charge in [0.15, 0.2) is 0 Å². The Morgan fingerprint density at radius 1 is 1.00 bits per heavy atom. The van der Waals surface area contributed by atoms with E-state index in [1.165, 1.54) is 17.0 Å². The van der Waals surface area contributed by atoms with Gasteiger partial charge in [-0.15, -0.1) is 0 Å². The number of hydrogen-bond acceptors (Lipinski definition) is 4. The van der Waals surface area contributed by atoms with Crippen molar-refractivity contribution in [1.82, 2.24) is 4.98 Å². The van der Waals surface area contributed by atoms with Gasteiger partial charge in [-0.3, -0.25) is 14.7 Å². The van der Waals surface area contributed by atoms with E-state index >= 15 is 0 Å². The molecular weight excluding hydrogens is 433 g/mol. The predicted molar refractivity (Wildman–Crippen MR) is 128 cm³/mol. The number of anilines is 2. The highest BCUT2D eigenvalue weighted by atomic mass is 19.1. The molecule has 1 aromatic heterocycles. The second-order valence-electron chi connectivity index (χ2n) is 8.68. The van der Waals surface area contributed by atoms with Crippen LogP contribution in [0.15, 0.2) is 85.1 Å². The van der Waals surface area contributed by atoms with E-state index in [1.807, 2.05) is 38.1 Å². The Balaban J connectivity index is 1.42. The molecule has 3 aromatic carbocycles. The highest BCUT2D eigenvalue weighted by Crippen LogP contribution is 2.43. The summed E-state index contributed by atoms with van der Waals surface area (Å²) in [6.07, 6.45) is 1.18. The van der Waals surface area contributed by atoms with Crippen LogP contribution in [-0.4, -0.2) is 22.6 Å². The van der Waals surface area contributed by atoms with E-state index in [9.17, 15) is 14.0 Å². The zero-order chi connectivity index (χ0) is 23.9. The minimum absolute atomic E-state index is 0.288. The number of pyridine rings is 1.